The van der Waals surface area contributed by atoms with E-state index in [2.05, 4.69) is 14.9 Å². The summed E-state index contributed by atoms with van der Waals surface area (Å²) in [7, 11) is -0.823. The molecule has 2 fully saturated rings. The van der Waals surface area contributed by atoms with Gasteiger partial charge >= 0.3 is 10.0 Å². The summed E-state index contributed by atoms with van der Waals surface area (Å²) in [5, 5.41) is 4.95. The number of hydrogen-bond donors (Lipinski definition) is 1. The zero-order valence-electron chi connectivity index (χ0n) is 21.4. The number of piperidine rings is 1. The molecule has 1 saturated carbocycles. The predicted octanol–water partition coefficient (Wildman–Crippen LogP) is 2.56. The Hall–Kier alpha value is -3.09. The summed E-state index contributed by atoms with van der Waals surface area (Å²) in [6, 6.07) is 4.84. The number of pyridine rings is 2. The molecule has 11 nitrogen and oxygen atoms in total. The van der Waals surface area contributed by atoms with Crippen LogP contribution < -0.4 is 19.4 Å². The number of carbonyl (C=O) groups is 1. The third-order valence-corrected chi connectivity index (χ3v) is 9.06. The molecule has 1 saturated heterocycles. The molecule has 1 aliphatic carbocycles. The molecule has 2 N–H and O–H groups in total. The average Bonchev–Trinajstić information content (AvgIpc) is 3.19. The monoisotopic (exact) mass is 529 g/mol. The minimum Gasteiger partial charge on any atom is -0.481 e. The zero-order valence-corrected chi connectivity index (χ0v) is 22.2. The Morgan fingerprint density at radius 1 is 1.19 bits per heavy atom. The first kappa shape index (κ1) is 25.6. The highest BCUT2D eigenvalue weighted by Gasteiger charge is 2.56. The highest BCUT2D eigenvalue weighted by atomic mass is 32.2. The Kier molecular flexibility index (Phi) is 6.67. The van der Waals surface area contributed by atoms with Gasteiger partial charge in [-0.05, 0) is 41.7 Å². The Bertz CT molecular complexity index is 1350. The number of ether oxygens (including phenoxy) is 2. The van der Waals surface area contributed by atoms with Crippen LogP contribution in [0.15, 0.2) is 29.5 Å². The minimum absolute atomic E-state index is 0.00463. The number of quaternary nitrogens is 1. The van der Waals surface area contributed by atoms with Gasteiger partial charge in [0, 0.05) is 45.0 Å². The van der Waals surface area contributed by atoms with E-state index in [-0.39, 0.29) is 23.3 Å². The lowest BCUT2D eigenvalue weighted by atomic mass is 9.79. The second-order valence-electron chi connectivity index (χ2n) is 9.95. The van der Waals surface area contributed by atoms with Gasteiger partial charge in [0.25, 0.3) is 11.7 Å². The van der Waals surface area contributed by atoms with Crippen LogP contribution in [0.3, 0.4) is 0 Å². The van der Waals surface area contributed by atoms with Gasteiger partial charge in [0.15, 0.2) is 5.69 Å². The van der Waals surface area contributed by atoms with E-state index in [0.29, 0.717) is 29.5 Å². The molecule has 37 heavy (non-hydrogen) atoms. The SMILES string of the molecule is COCC1CCN(c2cc(C(N)=O)nc3c2C(C2CCC2)=N[N+]3(c2ccnc(OC)c2)S(C)(=O)=O)CC1. The average molecular weight is 530 g/mol. The van der Waals surface area contributed by atoms with Crippen molar-refractivity contribution in [3.05, 3.63) is 35.7 Å². The third-order valence-electron chi connectivity index (χ3n) is 7.63. The van der Waals surface area contributed by atoms with E-state index in [4.69, 9.17) is 20.3 Å². The summed E-state index contributed by atoms with van der Waals surface area (Å²) >= 11 is 0. The molecule has 3 aliphatic rings. The van der Waals surface area contributed by atoms with Crippen molar-refractivity contribution in [1.29, 1.82) is 0 Å². The molecule has 1 unspecified atom stereocenters. The van der Waals surface area contributed by atoms with Crippen molar-refractivity contribution in [2.75, 3.05) is 45.1 Å². The van der Waals surface area contributed by atoms with Gasteiger partial charge in [-0.15, -0.1) is 0 Å². The lowest BCUT2D eigenvalue weighted by molar-refractivity contribution is 0.0995. The number of anilines is 1. The van der Waals surface area contributed by atoms with E-state index in [9.17, 15) is 13.2 Å². The zero-order chi connectivity index (χ0) is 26.4. The maximum Gasteiger partial charge on any atom is 0.329 e. The van der Waals surface area contributed by atoms with Crippen molar-refractivity contribution in [3.8, 4) is 5.88 Å². The lowest BCUT2D eigenvalue weighted by Crippen LogP contribution is -2.44. The molecule has 0 spiro atoms. The number of sulfonamides is 1. The molecule has 12 heteroatoms. The maximum absolute atomic E-state index is 13.7. The molecule has 198 valence electrons. The van der Waals surface area contributed by atoms with E-state index in [0.717, 1.165) is 57.1 Å². The molecule has 2 aliphatic heterocycles. The van der Waals surface area contributed by atoms with Crippen molar-refractivity contribution in [3.63, 3.8) is 0 Å². The third kappa shape index (κ3) is 4.26. The minimum atomic E-state index is -4.00. The van der Waals surface area contributed by atoms with Crippen LogP contribution in [0.2, 0.25) is 0 Å². The van der Waals surface area contributed by atoms with Gasteiger partial charge < -0.3 is 20.1 Å². The second kappa shape index (κ2) is 9.66. The summed E-state index contributed by atoms with van der Waals surface area (Å²) in [4.78, 5) is 23.4. The Labute approximate surface area is 216 Å². The van der Waals surface area contributed by atoms with Gasteiger partial charge in [-0.1, -0.05) is 11.5 Å². The van der Waals surface area contributed by atoms with Crippen LogP contribution >= 0.6 is 0 Å². The predicted molar refractivity (Wildman–Crippen MR) is 141 cm³/mol. The van der Waals surface area contributed by atoms with Gasteiger partial charge in [-0.25, -0.2) is 4.98 Å². The molecule has 2 aromatic rings. The topological polar surface area (TPSA) is 137 Å². The molecule has 0 aromatic carbocycles. The maximum atomic E-state index is 13.7. The van der Waals surface area contributed by atoms with Gasteiger partial charge in [0.05, 0.1) is 25.1 Å². The van der Waals surface area contributed by atoms with Crippen LogP contribution in [-0.4, -0.2) is 70.2 Å². The van der Waals surface area contributed by atoms with E-state index < -0.39 is 19.9 Å². The number of rotatable bonds is 8. The fourth-order valence-electron chi connectivity index (χ4n) is 5.45. The summed E-state index contributed by atoms with van der Waals surface area (Å²) in [6.45, 7) is 2.17. The molecule has 5 rings (SSSR count). The number of fused-ring (bicyclic) bond motifs is 1. The standard InChI is InChI=1S/C25H32N6O5S/c1-35-15-16-8-11-30(12-9-16)20-14-19(24(26)32)28-25-22(20)23(17-5-4-6-17)29-31(25,37(3,33)34)18-7-10-27-21(13-18)36-2/h7,10,13-14,16-17H,4-6,8-9,11-12,15H2,1-3H3,(H-,26,32)/p+1. The Balaban J connectivity index is 1.77. The van der Waals surface area contributed by atoms with Crippen LogP contribution in [-0.2, 0) is 14.8 Å². The van der Waals surface area contributed by atoms with E-state index in [1.165, 1.54) is 13.3 Å². The van der Waals surface area contributed by atoms with Crippen molar-refractivity contribution in [1.82, 2.24) is 14.0 Å². The van der Waals surface area contributed by atoms with Gasteiger partial charge in [-0.3, -0.25) is 4.79 Å². The summed E-state index contributed by atoms with van der Waals surface area (Å²) < 4.78 is 37.1. The van der Waals surface area contributed by atoms with E-state index in [1.807, 2.05) is 0 Å². The van der Waals surface area contributed by atoms with Crippen LogP contribution in [0.1, 0.15) is 48.2 Å². The molecule has 0 bridgehead atoms. The molecule has 4 heterocycles. The Morgan fingerprint density at radius 2 is 1.92 bits per heavy atom. The number of methoxy groups -OCH3 is 2. The fourth-order valence-corrected chi connectivity index (χ4v) is 6.63. The molecule has 0 radical (unpaired) electrons. The number of nitrogens with zero attached hydrogens (tertiary/aromatic N) is 5. The van der Waals surface area contributed by atoms with E-state index in [1.54, 1.807) is 25.3 Å². The number of primary amides is 1. The first-order valence-corrected chi connectivity index (χ1v) is 14.3. The molecule has 2 aromatic heterocycles. The highest BCUT2D eigenvalue weighted by molar-refractivity contribution is 7.90. The summed E-state index contributed by atoms with van der Waals surface area (Å²) in [6.07, 6.45) is 7.32. The van der Waals surface area contributed by atoms with Gasteiger partial charge in [0.2, 0.25) is 5.88 Å². The first-order valence-electron chi connectivity index (χ1n) is 12.5. The van der Waals surface area contributed by atoms with Crippen molar-refractivity contribution < 1.29 is 22.7 Å². The fraction of sp³-hybridized carbons (Fsp3) is 0.520. The smallest absolute Gasteiger partial charge is 0.329 e. The number of aromatic nitrogens is 2. The van der Waals surface area contributed by atoms with E-state index >= 15 is 0 Å². The highest BCUT2D eigenvalue weighted by Crippen LogP contribution is 2.51. The number of nitrogens with two attached hydrogens (primary N) is 1. The first-order chi connectivity index (χ1) is 17.7. The molecular weight excluding hydrogens is 496 g/mol. The number of amides is 1. The molecular formula is C25H33N6O5S+. The largest absolute Gasteiger partial charge is 0.481 e. The summed E-state index contributed by atoms with van der Waals surface area (Å²) in [5.41, 5.74) is 8.18. The number of hydrogen-bond acceptors (Lipinski definition) is 9. The van der Waals surface area contributed by atoms with Crippen LogP contribution in [0, 0.1) is 11.8 Å². The van der Waals surface area contributed by atoms with Crippen molar-refractivity contribution >= 4 is 38.8 Å². The van der Waals surface area contributed by atoms with Gasteiger partial charge in [0.1, 0.15) is 17.0 Å². The molecule has 1 atom stereocenters. The van der Waals surface area contributed by atoms with Crippen LogP contribution in [0.5, 0.6) is 5.88 Å². The van der Waals surface area contributed by atoms with Gasteiger partial charge in [-0.2, -0.15) is 13.4 Å². The quantitative estimate of drug-likeness (QED) is 0.515. The lowest BCUT2D eigenvalue weighted by Gasteiger charge is -2.35. The second-order valence-corrected chi connectivity index (χ2v) is 11.9. The van der Waals surface area contributed by atoms with Crippen LogP contribution in [0.25, 0.3) is 0 Å². The number of carbonyl (C=O) groups excluding carboxylic acids is 1. The van der Waals surface area contributed by atoms with Crippen molar-refractivity contribution in [2.24, 2.45) is 22.7 Å². The normalized spacial score (nSPS) is 22.4. The molecule has 1 amide bonds. The Morgan fingerprint density at radius 3 is 2.49 bits per heavy atom. The summed E-state index contributed by atoms with van der Waals surface area (Å²) in [5.74, 6) is 0.244. The van der Waals surface area contributed by atoms with Crippen molar-refractivity contribution in [2.45, 2.75) is 32.1 Å². The van der Waals surface area contributed by atoms with Crippen LogP contribution in [0.4, 0.5) is 17.2 Å².